The number of aromatic nitrogens is 3. The third-order valence-electron chi connectivity index (χ3n) is 4.48. The van der Waals surface area contributed by atoms with Gasteiger partial charge in [-0.1, -0.05) is 17.3 Å². The summed E-state index contributed by atoms with van der Waals surface area (Å²) in [5.41, 5.74) is 2.94. The minimum atomic E-state index is -4.94. The highest BCUT2D eigenvalue weighted by Crippen LogP contribution is 2.35. The van der Waals surface area contributed by atoms with Crippen LogP contribution in [0.5, 0.6) is 0 Å². The summed E-state index contributed by atoms with van der Waals surface area (Å²) in [6.45, 7) is 2.32. The zero-order valence-electron chi connectivity index (χ0n) is 13.9. The summed E-state index contributed by atoms with van der Waals surface area (Å²) in [7, 11) is 0. The van der Waals surface area contributed by atoms with E-state index in [9.17, 15) is 22.4 Å². The zero-order chi connectivity index (χ0) is 19.1. The van der Waals surface area contributed by atoms with Gasteiger partial charge in [-0.3, -0.25) is 4.79 Å². The number of likely N-dealkylation sites (tertiary alicyclic amines) is 1. The van der Waals surface area contributed by atoms with E-state index >= 15 is 0 Å². The minimum Gasteiger partial charge on any atom is -0.334 e. The van der Waals surface area contributed by atoms with E-state index in [1.54, 1.807) is 6.92 Å². The number of para-hydroxylation sites is 1. The van der Waals surface area contributed by atoms with Crippen LogP contribution in [0.3, 0.4) is 0 Å². The molecule has 0 spiro atoms. The number of amides is 1. The quantitative estimate of drug-likeness (QED) is 0.840. The van der Waals surface area contributed by atoms with Crippen molar-refractivity contribution in [2.45, 2.75) is 25.6 Å². The van der Waals surface area contributed by atoms with Gasteiger partial charge in [0.15, 0.2) is 11.4 Å². The lowest BCUT2D eigenvalue weighted by atomic mass is 10.1. The molecule has 0 aliphatic carbocycles. The van der Waals surface area contributed by atoms with Crippen LogP contribution in [0, 0.1) is 11.7 Å². The molecule has 1 aromatic heterocycles. The standard InChI is InChI=1S/C16H17F4N5O/c1-9-6-10(7-21)8-24(9)15(26)13-14(16(18,19)20)25(23-22-13)12-5-3-2-4-11(12)17/h2-5,9-10H,6-8,21H2,1H3. The minimum absolute atomic E-state index is 0.0184. The van der Waals surface area contributed by atoms with Crippen LogP contribution in [0.15, 0.2) is 24.3 Å². The summed E-state index contributed by atoms with van der Waals surface area (Å²) < 4.78 is 55.2. The average Bonchev–Trinajstić information content (AvgIpc) is 3.18. The lowest BCUT2D eigenvalue weighted by Crippen LogP contribution is -2.36. The molecule has 1 fully saturated rings. The fourth-order valence-corrected chi connectivity index (χ4v) is 3.20. The molecule has 10 heteroatoms. The van der Waals surface area contributed by atoms with Crippen LogP contribution >= 0.6 is 0 Å². The maximum atomic E-state index is 13.9. The second-order valence-electron chi connectivity index (χ2n) is 6.29. The molecule has 1 amide bonds. The highest BCUT2D eigenvalue weighted by atomic mass is 19.4. The molecular weight excluding hydrogens is 354 g/mol. The normalized spacial score (nSPS) is 20.6. The average molecular weight is 371 g/mol. The van der Waals surface area contributed by atoms with E-state index < -0.39 is 35.0 Å². The van der Waals surface area contributed by atoms with Gasteiger partial charge in [-0.2, -0.15) is 13.2 Å². The summed E-state index contributed by atoms with van der Waals surface area (Å²) in [4.78, 5) is 14.0. The summed E-state index contributed by atoms with van der Waals surface area (Å²) in [6.07, 6.45) is -4.34. The first-order valence-corrected chi connectivity index (χ1v) is 8.02. The fourth-order valence-electron chi connectivity index (χ4n) is 3.20. The van der Waals surface area contributed by atoms with Crippen LogP contribution in [0.4, 0.5) is 17.6 Å². The monoisotopic (exact) mass is 371 g/mol. The van der Waals surface area contributed by atoms with Crippen molar-refractivity contribution in [3.05, 3.63) is 41.5 Å². The van der Waals surface area contributed by atoms with Crippen LogP contribution in [0.25, 0.3) is 5.69 Å². The van der Waals surface area contributed by atoms with E-state index in [1.165, 1.54) is 17.0 Å². The van der Waals surface area contributed by atoms with E-state index in [-0.39, 0.29) is 18.5 Å². The number of alkyl halides is 3. The molecule has 1 aliphatic heterocycles. The number of halogens is 4. The molecule has 0 bridgehead atoms. The van der Waals surface area contributed by atoms with Crippen molar-refractivity contribution in [2.24, 2.45) is 11.7 Å². The smallest absolute Gasteiger partial charge is 0.334 e. The van der Waals surface area contributed by atoms with E-state index in [1.807, 2.05) is 0 Å². The molecule has 3 rings (SSSR count). The first-order chi connectivity index (χ1) is 12.2. The largest absolute Gasteiger partial charge is 0.435 e. The van der Waals surface area contributed by atoms with Crippen molar-refractivity contribution in [1.82, 2.24) is 19.9 Å². The fraction of sp³-hybridized carbons (Fsp3) is 0.438. The number of carbonyl (C=O) groups excluding carboxylic acids is 1. The number of hydrogen-bond donors (Lipinski definition) is 1. The molecule has 2 atom stereocenters. The Morgan fingerprint density at radius 1 is 1.35 bits per heavy atom. The molecule has 26 heavy (non-hydrogen) atoms. The first-order valence-electron chi connectivity index (χ1n) is 8.02. The third-order valence-corrected chi connectivity index (χ3v) is 4.48. The highest BCUT2D eigenvalue weighted by molar-refractivity contribution is 5.94. The Bertz CT molecular complexity index is 819. The number of nitrogens with two attached hydrogens (primary N) is 1. The highest BCUT2D eigenvalue weighted by Gasteiger charge is 2.44. The van der Waals surface area contributed by atoms with Gasteiger partial charge in [0.25, 0.3) is 5.91 Å². The molecule has 1 saturated heterocycles. The van der Waals surface area contributed by atoms with Gasteiger partial charge in [-0.15, -0.1) is 5.10 Å². The van der Waals surface area contributed by atoms with E-state index in [0.717, 1.165) is 12.1 Å². The summed E-state index contributed by atoms with van der Waals surface area (Å²) >= 11 is 0. The Hall–Kier alpha value is -2.49. The zero-order valence-corrected chi connectivity index (χ0v) is 13.9. The Morgan fingerprint density at radius 3 is 2.62 bits per heavy atom. The van der Waals surface area contributed by atoms with Crippen LogP contribution in [-0.4, -0.2) is 44.9 Å². The molecule has 1 aromatic carbocycles. The molecule has 2 N–H and O–H groups in total. The predicted molar refractivity (Wildman–Crippen MR) is 84.0 cm³/mol. The van der Waals surface area contributed by atoms with Gasteiger partial charge in [0.05, 0.1) is 0 Å². The SMILES string of the molecule is CC1CC(CN)CN1C(=O)c1nnn(-c2ccccc2F)c1C(F)(F)F. The topological polar surface area (TPSA) is 77.0 Å². The molecule has 140 valence electrons. The van der Waals surface area contributed by atoms with Crippen LogP contribution < -0.4 is 5.73 Å². The van der Waals surface area contributed by atoms with Crippen molar-refractivity contribution in [3.63, 3.8) is 0 Å². The van der Waals surface area contributed by atoms with E-state index in [2.05, 4.69) is 10.3 Å². The predicted octanol–water partition coefficient (Wildman–Crippen LogP) is 2.23. The molecule has 1 aliphatic rings. The maximum absolute atomic E-state index is 13.9. The molecule has 0 radical (unpaired) electrons. The van der Waals surface area contributed by atoms with Gasteiger partial charge >= 0.3 is 6.18 Å². The second-order valence-corrected chi connectivity index (χ2v) is 6.29. The lowest BCUT2D eigenvalue weighted by molar-refractivity contribution is -0.143. The Labute approximate surface area is 146 Å². The van der Waals surface area contributed by atoms with Crippen LogP contribution in [0.2, 0.25) is 0 Å². The van der Waals surface area contributed by atoms with Gasteiger partial charge < -0.3 is 10.6 Å². The van der Waals surface area contributed by atoms with Gasteiger partial charge in [0.1, 0.15) is 11.5 Å². The first kappa shape index (κ1) is 18.3. The third kappa shape index (κ3) is 3.16. The molecular formula is C16H17F4N5O. The van der Waals surface area contributed by atoms with Crippen LogP contribution in [-0.2, 0) is 6.18 Å². The molecule has 2 aromatic rings. The number of nitrogens with zero attached hydrogens (tertiary/aromatic N) is 4. The second kappa shape index (κ2) is 6.67. The van der Waals surface area contributed by atoms with Gasteiger partial charge in [-0.05, 0) is 37.9 Å². The Balaban J connectivity index is 2.06. The van der Waals surface area contributed by atoms with E-state index in [0.29, 0.717) is 17.6 Å². The van der Waals surface area contributed by atoms with Crippen molar-refractivity contribution in [2.75, 3.05) is 13.1 Å². The molecule has 6 nitrogen and oxygen atoms in total. The molecule has 2 unspecified atom stereocenters. The van der Waals surface area contributed by atoms with Gasteiger partial charge in [0.2, 0.25) is 0 Å². The van der Waals surface area contributed by atoms with Gasteiger partial charge in [-0.25, -0.2) is 9.07 Å². The Morgan fingerprint density at radius 2 is 2.04 bits per heavy atom. The maximum Gasteiger partial charge on any atom is 0.435 e. The summed E-state index contributed by atoms with van der Waals surface area (Å²) in [6, 6.07) is 4.59. The van der Waals surface area contributed by atoms with Gasteiger partial charge in [0, 0.05) is 12.6 Å². The summed E-state index contributed by atoms with van der Waals surface area (Å²) in [5.74, 6) is -1.77. The van der Waals surface area contributed by atoms with Crippen molar-refractivity contribution in [1.29, 1.82) is 0 Å². The van der Waals surface area contributed by atoms with Crippen molar-refractivity contribution >= 4 is 5.91 Å². The summed E-state index contributed by atoms with van der Waals surface area (Å²) in [5, 5.41) is 6.84. The number of benzene rings is 1. The van der Waals surface area contributed by atoms with Crippen LogP contribution in [0.1, 0.15) is 29.5 Å². The number of carbonyl (C=O) groups is 1. The lowest BCUT2D eigenvalue weighted by Gasteiger charge is -2.21. The van der Waals surface area contributed by atoms with E-state index in [4.69, 9.17) is 5.73 Å². The number of hydrogen-bond acceptors (Lipinski definition) is 4. The number of rotatable bonds is 3. The molecule has 0 saturated carbocycles. The van der Waals surface area contributed by atoms with Crippen molar-refractivity contribution in [3.8, 4) is 5.69 Å². The molecule has 2 heterocycles. The Kier molecular flexibility index (Phi) is 4.70. The van der Waals surface area contributed by atoms with Crippen molar-refractivity contribution < 1.29 is 22.4 Å².